The lowest BCUT2D eigenvalue weighted by Gasteiger charge is -2.10. The Balaban J connectivity index is 1.94. The van der Waals surface area contributed by atoms with Gasteiger partial charge in [-0.05, 0) is 42.3 Å². The lowest BCUT2D eigenvalue weighted by atomic mass is 10.2. The van der Waals surface area contributed by atoms with E-state index < -0.39 is 0 Å². The van der Waals surface area contributed by atoms with E-state index in [4.69, 9.17) is 16.3 Å². The summed E-state index contributed by atoms with van der Waals surface area (Å²) in [4.78, 5) is 1.02. The summed E-state index contributed by atoms with van der Waals surface area (Å²) in [6.45, 7) is 6.22. The van der Waals surface area contributed by atoms with Crippen molar-refractivity contribution in [2.45, 2.75) is 27.0 Å². The molecule has 0 aliphatic rings. The Morgan fingerprint density at radius 3 is 2.76 bits per heavy atom. The molecule has 0 radical (unpaired) electrons. The summed E-state index contributed by atoms with van der Waals surface area (Å²) in [5.74, 6) is 0.830. The zero-order valence-corrected chi connectivity index (χ0v) is 13.7. The summed E-state index contributed by atoms with van der Waals surface area (Å²) in [6.07, 6.45) is 0. The van der Waals surface area contributed by atoms with Crippen LogP contribution < -0.4 is 10.1 Å². The minimum absolute atomic E-state index is 0.280. The first kappa shape index (κ1) is 16.3. The van der Waals surface area contributed by atoms with Gasteiger partial charge < -0.3 is 10.1 Å². The highest BCUT2D eigenvalue weighted by Gasteiger charge is 2.04. The average molecular weight is 328 g/mol. The minimum atomic E-state index is -0.280. The number of halogens is 2. The number of ether oxygens (including phenoxy) is 1. The van der Waals surface area contributed by atoms with Crippen molar-refractivity contribution in [3.63, 3.8) is 0 Å². The molecule has 0 unspecified atom stereocenters. The lowest BCUT2D eigenvalue weighted by molar-refractivity contribution is 0.307. The minimum Gasteiger partial charge on any atom is -0.488 e. The van der Waals surface area contributed by atoms with Crippen LogP contribution in [0.15, 0.2) is 30.3 Å². The smallest absolute Gasteiger partial charge is 0.127 e. The molecular weight excluding hydrogens is 309 g/mol. The summed E-state index contributed by atoms with van der Waals surface area (Å²) in [5, 5.41) is 3.30. The van der Waals surface area contributed by atoms with Gasteiger partial charge >= 0.3 is 0 Å². The van der Waals surface area contributed by atoms with Crippen LogP contribution in [0.4, 0.5) is 4.39 Å². The molecule has 1 heterocycles. The van der Waals surface area contributed by atoms with E-state index in [2.05, 4.69) is 19.2 Å². The number of hydrogen-bond acceptors (Lipinski definition) is 3. The van der Waals surface area contributed by atoms with E-state index >= 15 is 0 Å². The van der Waals surface area contributed by atoms with Crippen LogP contribution in [0.25, 0.3) is 0 Å². The first-order valence-corrected chi connectivity index (χ1v) is 8.09. The fourth-order valence-electron chi connectivity index (χ4n) is 1.90. The van der Waals surface area contributed by atoms with Crippen LogP contribution in [0.1, 0.15) is 24.3 Å². The molecule has 0 saturated heterocycles. The summed E-state index contributed by atoms with van der Waals surface area (Å²) in [7, 11) is 0. The molecule has 0 atom stereocenters. The van der Waals surface area contributed by atoms with Gasteiger partial charge in [-0.1, -0.05) is 25.4 Å². The largest absolute Gasteiger partial charge is 0.488 e. The maximum Gasteiger partial charge on any atom is 0.127 e. The van der Waals surface area contributed by atoms with Crippen molar-refractivity contribution < 1.29 is 9.13 Å². The molecule has 0 saturated carbocycles. The zero-order chi connectivity index (χ0) is 15.2. The van der Waals surface area contributed by atoms with Crippen LogP contribution >= 0.6 is 22.9 Å². The number of nitrogens with one attached hydrogen (secondary N) is 1. The average Bonchev–Trinajstić information content (AvgIpc) is 2.81. The van der Waals surface area contributed by atoms with Crippen LogP contribution in [0.5, 0.6) is 5.75 Å². The summed E-state index contributed by atoms with van der Waals surface area (Å²) < 4.78 is 20.0. The summed E-state index contributed by atoms with van der Waals surface area (Å²) in [5.41, 5.74) is 0.884. The van der Waals surface area contributed by atoms with Crippen LogP contribution in [0, 0.1) is 11.7 Å². The maximum atomic E-state index is 13.6. The van der Waals surface area contributed by atoms with Crippen molar-refractivity contribution in [1.82, 2.24) is 5.32 Å². The second-order valence-electron chi connectivity index (χ2n) is 5.31. The normalized spacial score (nSPS) is 11.1. The van der Waals surface area contributed by atoms with Gasteiger partial charge in [0.25, 0.3) is 0 Å². The van der Waals surface area contributed by atoms with Gasteiger partial charge in [0, 0.05) is 17.5 Å². The Hall–Kier alpha value is -1.10. The van der Waals surface area contributed by atoms with Gasteiger partial charge in [0.1, 0.15) is 18.2 Å². The molecule has 1 N–H and O–H groups in total. The third kappa shape index (κ3) is 5.65. The first-order chi connectivity index (χ1) is 10.0. The Labute approximate surface area is 133 Å². The molecule has 1 aromatic carbocycles. The molecular formula is C16H19ClFNOS. The van der Waals surface area contributed by atoms with Crippen molar-refractivity contribution in [1.29, 1.82) is 0 Å². The highest BCUT2D eigenvalue weighted by atomic mass is 35.5. The van der Waals surface area contributed by atoms with Crippen LogP contribution in [0.2, 0.25) is 4.34 Å². The quantitative estimate of drug-likeness (QED) is 0.783. The molecule has 0 bridgehead atoms. The van der Waals surface area contributed by atoms with Gasteiger partial charge in [0.2, 0.25) is 0 Å². The zero-order valence-electron chi connectivity index (χ0n) is 12.2. The molecule has 114 valence electrons. The molecule has 0 aliphatic heterocycles. The van der Waals surface area contributed by atoms with Crippen molar-refractivity contribution >= 4 is 22.9 Å². The third-order valence-corrected chi connectivity index (χ3v) is 4.03. The molecule has 5 heteroatoms. The molecule has 0 fully saturated rings. The number of rotatable bonds is 7. The fraction of sp³-hybridized carbons (Fsp3) is 0.375. The van der Waals surface area contributed by atoms with E-state index in [1.165, 1.54) is 23.5 Å². The number of thiophene rings is 1. The molecule has 0 spiro atoms. The van der Waals surface area contributed by atoms with Gasteiger partial charge in [-0.15, -0.1) is 11.3 Å². The summed E-state index contributed by atoms with van der Waals surface area (Å²) >= 11 is 7.34. The van der Waals surface area contributed by atoms with Gasteiger partial charge in [-0.3, -0.25) is 0 Å². The predicted molar refractivity (Wildman–Crippen MR) is 86.6 cm³/mol. The third-order valence-electron chi connectivity index (χ3n) is 2.82. The first-order valence-electron chi connectivity index (χ1n) is 6.90. The van der Waals surface area contributed by atoms with Crippen LogP contribution in [-0.4, -0.2) is 6.54 Å². The van der Waals surface area contributed by atoms with Crippen molar-refractivity contribution in [3.05, 3.63) is 50.9 Å². The van der Waals surface area contributed by atoms with Crippen LogP contribution in [0.3, 0.4) is 0 Å². The molecule has 21 heavy (non-hydrogen) atoms. The molecule has 0 amide bonds. The molecule has 1 aromatic heterocycles. The van der Waals surface area contributed by atoms with Gasteiger partial charge in [-0.2, -0.15) is 0 Å². The van der Waals surface area contributed by atoms with E-state index in [-0.39, 0.29) is 5.82 Å². The van der Waals surface area contributed by atoms with Gasteiger partial charge in [0.15, 0.2) is 0 Å². The predicted octanol–water partition coefficient (Wildman–Crippen LogP) is 4.87. The monoisotopic (exact) mass is 327 g/mol. The van der Waals surface area contributed by atoms with Gasteiger partial charge in [0.05, 0.1) is 4.34 Å². The van der Waals surface area contributed by atoms with Gasteiger partial charge in [-0.25, -0.2) is 4.39 Å². The Bertz CT molecular complexity index is 585. The maximum absolute atomic E-state index is 13.6. The van der Waals surface area contributed by atoms with Crippen molar-refractivity contribution in [3.8, 4) is 5.75 Å². The van der Waals surface area contributed by atoms with E-state index in [9.17, 15) is 4.39 Å². The van der Waals surface area contributed by atoms with E-state index in [0.717, 1.165) is 21.3 Å². The molecule has 2 aromatic rings. The summed E-state index contributed by atoms with van der Waals surface area (Å²) in [6, 6.07) is 8.55. The Kier molecular flexibility index (Phi) is 6.03. The lowest BCUT2D eigenvalue weighted by Crippen LogP contribution is -2.19. The second kappa shape index (κ2) is 7.78. The SMILES string of the molecule is CC(C)CNCc1cc(F)cc(OCc2ccc(Cl)s2)c1. The molecule has 2 rings (SSSR count). The van der Waals surface area contributed by atoms with Crippen molar-refractivity contribution in [2.24, 2.45) is 5.92 Å². The highest BCUT2D eigenvalue weighted by molar-refractivity contribution is 7.16. The second-order valence-corrected chi connectivity index (χ2v) is 7.11. The molecule has 0 aliphatic carbocycles. The van der Waals surface area contributed by atoms with Crippen LogP contribution in [-0.2, 0) is 13.2 Å². The number of benzene rings is 1. The van der Waals surface area contributed by atoms with Crippen molar-refractivity contribution in [2.75, 3.05) is 6.54 Å². The standard InChI is InChI=1S/C16H19ClFNOS/c1-11(2)8-19-9-12-5-13(18)7-14(6-12)20-10-15-3-4-16(17)21-15/h3-7,11,19H,8-10H2,1-2H3. The van der Waals surface area contributed by atoms with E-state index in [1.54, 1.807) is 0 Å². The fourth-order valence-corrected chi connectivity index (χ4v) is 2.90. The molecule has 2 nitrogen and oxygen atoms in total. The number of hydrogen-bond donors (Lipinski definition) is 1. The Morgan fingerprint density at radius 2 is 2.10 bits per heavy atom. The van der Waals surface area contributed by atoms with E-state index in [1.807, 2.05) is 18.2 Å². The highest BCUT2D eigenvalue weighted by Crippen LogP contribution is 2.24. The van der Waals surface area contributed by atoms with E-state index in [0.29, 0.717) is 24.8 Å². The Morgan fingerprint density at radius 1 is 1.29 bits per heavy atom. The topological polar surface area (TPSA) is 21.3 Å².